The van der Waals surface area contributed by atoms with E-state index in [4.69, 9.17) is 16.3 Å². The lowest BCUT2D eigenvalue weighted by atomic mass is 10.2. The Balaban J connectivity index is 1.37. The molecule has 1 N–H and O–H groups in total. The largest absolute Gasteiger partial charge is 0.489 e. The molecule has 0 bridgehead atoms. The molecular formula is C23H20ClN3O4S. The first kappa shape index (κ1) is 23.3. The fourth-order valence-corrected chi connectivity index (χ4v) is 3.62. The minimum absolute atomic E-state index is 0.0477. The van der Waals surface area contributed by atoms with Crippen LogP contribution in [0, 0.1) is 10.1 Å². The number of hydrogen-bond acceptors (Lipinski definition) is 6. The Morgan fingerprint density at radius 2 is 1.84 bits per heavy atom. The maximum Gasteiger partial charge on any atom is 0.269 e. The first-order valence-electron chi connectivity index (χ1n) is 9.60. The van der Waals surface area contributed by atoms with Crippen LogP contribution in [0.5, 0.6) is 5.75 Å². The van der Waals surface area contributed by atoms with Gasteiger partial charge in [0.15, 0.2) is 0 Å². The number of ether oxygens (including phenoxy) is 1. The topological polar surface area (TPSA) is 93.8 Å². The first-order chi connectivity index (χ1) is 15.5. The number of hydrogen-bond donors (Lipinski definition) is 1. The van der Waals surface area contributed by atoms with Gasteiger partial charge in [0, 0.05) is 22.9 Å². The van der Waals surface area contributed by atoms with Crippen molar-refractivity contribution >= 4 is 41.2 Å². The van der Waals surface area contributed by atoms with E-state index >= 15 is 0 Å². The summed E-state index contributed by atoms with van der Waals surface area (Å²) in [4.78, 5) is 22.1. The molecule has 0 saturated carbocycles. The molecule has 164 valence electrons. The Labute approximate surface area is 194 Å². The second kappa shape index (κ2) is 11.9. The van der Waals surface area contributed by atoms with E-state index in [2.05, 4.69) is 10.5 Å². The molecule has 7 nitrogen and oxygen atoms in total. The molecule has 0 aliphatic heterocycles. The molecule has 32 heavy (non-hydrogen) atoms. The molecule has 3 aromatic rings. The number of nitrogens with one attached hydrogen (secondary N) is 1. The molecule has 0 aliphatic rings. The highest BCUT2D eigenvalue weighted by Crippen LogP contribution is 2.17. The monoisotopic (exact) mass is 469 g/mol. The van der Waals surface area contributed by atoms with Crippen molar-refractivity contribution in [1.29, 1.82) is 0 Å². The summed E-state index contributed by atoms with van der Waals surface area (Å²) in [7, 11) is 0. The van der Waals surface area contributed by atoms with Crippen molar-refractivity contribution in [3.8, 4) is 5.75 Å². The first-order valence-corrected chi connectivity index (χ1v) is 11.1. The fourth-order valence-electron chi connectivity index (χ4n) is 2.63. The number of amides is 1. The third kappa shape index (κ3) is 7.72. The Morgan fingerprint density at radius 1 is 1.09 bits per heavy atom. The predicted octanol–water partition coefficient (Wildman–Crippen LogP) is 5.21. The average Bonchev–Trinajstić information content (AvgIpc) is 2.79. The van der Waals surface area contributed by atoms with E-state index in [0.29, 0.717) is 23.1 Å². The van der Waals surface area contributed by atoms with Gasteiger partial charge < -0.3 is 4.74 Å². The molecule has 0 unspecified atom stereocenters. The highest BCUT2D eigenvalue weighted by Gasteiger charge is 2.05. The van der Waals surface area contributed by atoms with Crippen LogP contribution in [0.4, 0.5) is 5.69 Å². The number of carbonyl (C=O) groups is 1. The molecule has 0 fully saturated rings. The molecule has 3 aromatic carbocycles. The lowest BCUT2D eigenvalue weighted by molar-refractivity contribution is -0.384. The van der Waals surface area contributed by atoms with Gasteiger partial charge in [-0.3, -0.25) is 14.9 Å². The molecule has 1 amide bonds. The van der Waals surface area contributed by atoms with Crippen LogP contribution in [0.3, 0.4) is 0 Å². The summed E-state index contributed by atoms with van der Waals surface area (Å²) in [6.07, 6.45) is 1.56. The molecule has 0 radical (unpaired) electrons. The van der Waals surface area contributed by atoms with Crippen LogP contribution in [-0.2, 0) is 17.2 Å². The number of non-ortho nitro benzene ring substituents is 1. The lowest BCUT2D eigenvalue weighted by Crippen LogP contribution is -2.19. The summed E-state index contributed by atoms with van der Waals surface area (Å²) < 4.78 is 5.73. The Bertz CT molecular complexity index is 1090. The molecule has 0 atom stereocenters. The van der Waals surface area contributed by atoms with E-state index in [9.17, 15) is 14.9 Å². The molecule has 0 heterocycles. The highest BCUT2D eigenvalue weighted by molar-refractivity contribution is 7.99. The van der Waals surface area contributed by atoms with Crippen LogP contribution >= 0.6 is 23.4 Å². The number of carbonyl (C=O) groups excluding carboxylic acids is 1. The second-order valence-electron chi connectivity index (χ2n) is 6.70. The summed E-state index contributed by atoms with van der Waals surface area (Å²) in [5, 5.41) is 15.3. The molecule has 9 heteroatoms. The normalized spacial score (nSPS) is 10.8. The number of nitro benzene ring substituents is 1. The molecule has 0 aromatic heterocycles. The smallest absolute Gasteiger partial charge is 0.269 e. The van der Waals surface area contributed by atoms with Gasteiger partial charge in [0.1, 0.15) is 12.4 Å². The van der Waals surface area contributed by atoms with E-state index in [-0.39, 0.29) is 17.3 Å². The Morgan fingerprint density at radius 3 is 2.53 bits per heavy atom. The minimum atomic E-state index is -0.440. The van der Waals surface area contributed by atoms with E-state index in [1.54, 1.807) is 18.3 Å². The van der Waals surface area contributed by atoms with Gasteiger partial charge in [0.2, 0.25) is 5.91 Å². The number of nitrogens with zero attached hydrogens (tertiary/aromatic N) is 2. The van der Waals surface area contributed by atoms with E-state index in [0.717, 1.165) is 16.7 Å². The molecule has 0 saturated heterocycles. The van der Waals surface area contributed by atoms with E-state index in [1.165, 1.54) is 23.9 Å². The maximum atomic E-state index is 11.9. The van der Waals surface area contributed by atoms with Gasteiger partial charge in [-0.1, -0.05) is 35.9 Å². The standard InChI is InChI=1S/C23H20ClN3O4S/c24-20-3-1-2-19(12-20)14-31-22-10-6-17(7-11-22)13-25-26-23(28)16-32-15-18-4-8-21(9-5-18)27(29)30/h1-13H,14-16H2,(H,26,28)/b25-13-. The number of halogens is 1. The van der Waals surface area contributed by atoms with Gasteiger partial charge in [-0.15, -0.1) is 11.8 Å². The van der Waals surface area contributed by atoms with Crippen LogP contribution in [0.1, 0.15) is 16.7 Å². The Hall–Kier alpha value is -3.36. The van der Waals surface area contributed by atoms with Crippen LogP contribution in [-0.4, -0.2) is 22.8 Å². The SMILES string of the molecule is O=C(CSCc1ccc([N+](=O)[O-])cc1)N/N=C\c1ccc(OCc2cccc(Cl)c2)cc1. The molecule has 0 aliphatic carbocycles. The van der Waals surface area contributed by atoms with Gasteiger partial charge >= 0.3 is 0 Å². The lowest BCUT2D eigenvalue weighted by Gasteiger charge is -2.06. The number of hydrazone groups is 1. The maximum absolute atomic E-state index is 11.9. The number of benzene rings is 3. The van der Waals surface area contributed by atoms with Gasteiger partial charge in [0.05, 0.1) is 16.9 Å². The summed E-state index contributed by atoms with van der Waals surface area (Å²) in [6, 6.07) is 21.1. The zero-order valence-electron chi connectivity index (χ0n) is 16.9. The van der Waals surface area contributed by atoms with Crippen molar-refractivity contribution in [3.05, 3.63) is 105 Å². The Kier molecular flexibility index (Phi) is 8.65. The number of rotatable bonds is 10. The van der Waals surface area contributed by atoms with Crippen LogP contribution in [0.25, 0.3) is 0 Å². The third-order valence-electron chi connectivity index (χ3n) is 4.23. The zero-order valence-corrected chi connectivity index (χ0v) is 18.5. The summed E-state index contributed by atoms with van der Waals surface area (Å²) in [5.41, 5.74) is 5.25. The van der Waals surface area contributed by atoms with Gasteiger partial charge in [-0.05, 0) is 53.1 Å². The highest BCUT2D eigenvalue weighted by atomic mass is 35.5. The summed E-state index contributed by atoms with van der Waals surface area (Å²) in [6.45, 7) is 0.418. The molecule has 0 spiro atoms. The predicted molar refractivity (Wildman–Crippen MR) is 127 cm³/mol. The van der Waals surface area contributed by atoms with Crippen LogP contribution in [0.2, 0.25) is 5.02 Å². The summed E-state index contributed by atoms with van der Waals surface area (Å²) in [5.74, 6) is 1.29. The van der Waals surface area contributed by atoms with E-state index in [1.807, 2.05) is 48.5 Å². The van der Waals surface area contributed by atoms with Crippen LogP contribution < -0.4 is 10.2 Å². The van der Waals surface area contributed by atoms with Crippen molar-refractivity contribution in [3.63, 3.8) is 0 Å². The number of thioether (sulfide) groups is 1. The third-order valence-corrected chi connectivity index (χ3v) is 5.47. The van der Waals surface area contributed by atoms with Crippen molar-refractivity contribution in [1.82, 2.24) is 5.43 Å². The van der Waals surface area contributed by atoms with Crippen molar-refractivity contribution in [2.24, 2.45) is 5.10 Å². The second-order valence-corrected chi connectivity index (χ2v) is 8.12. The van der Waals surface area contributed by atoms with Crippen LogP contribution in [0.15, 0.2) is 77.9 Å². The van der Waals surface area contributed by atoms with Gasteiger partial charge in [-0.2, -0.15) is 5.10 Å². The number of nitro groups is 1. The molecule has 3 rings (SSSR count). The van der Waals surface area contributed by atoms with E-state index < -0.39 is 4.92 Å². The van der Waals surface area contributed by atoms with Crippen molar-refractivity contribution in [2.45, 2.75) is 12.4 Å². The minimum Gasteiger partial charge on any atom is -0.489 e. The van der Waals surface area contributed by atoms with Gasteiger partial charge in [-0.25, -0.2) is 5.43 Å². The average molecular weight is 470 g/mol. The van der Waals surface area contributed by atoms with Gasteiger partial charge in [0.25, 0.3) is 5.69 Å². The summed E-state index contributed by atoms with van der Waals surface area (Å²) >= 11 is 7.37. The molecular weight excluding hydrogens is 450 g/mol. The van der Waals surface area contributed by atoms with Crippen molar-refractivity contribution in [2.75, 3.05) is 5.75 Å². The zero-order chi connectivity index (χ0) is 22.8. The fraction of sp³-hybridized carbons (Fsp3) is 0.130. The van der Waals surface area contributed by atoms with Crippen molar-refractivity contribution < 1.29 is 14.5 Å². The quantitative estimate of drug-likeness (QED) is 0.250.